The Labute approximate surface area is 273 Å². The summed E-state index contributed by atoms with van der Waals surface area (Å²) in [6, 6.07) is 0. The molecule has 42 heavy (non-hydrogen) atoms. The van der Waals surface area contributed by atoms with Crippen molar-refractivity contribution in [2.24, 2.45) is 27.6 Å². The summed E-state index contributed by atoms with van der Waals surface area (Å²) in [6.07, 6.45) is 47.8. The Morgan fingerprint density at radius 2 is 1.67 bits per heavy atom. The predicted octanol–water partition coefficient (Wildman–Crippen LogP) is 12.4. The van der Waals surface area contributed by atoms with Crippen LogP contribution in [0.1, 0.15) is 86.0 Å². The summed E-state index contributed by atoms with van der Waals surface area (Å²) in [5.74, 6) is 0.464. The zero-order valence-corrected chi connectivity index (χ0v) is 29.6. The maximum Gasteiger partial charge on any atom is 0.0594 e. The number of hydrogen-bond acceptors (Lipinski definition) is 0. The number of allylic oxidation sites excluding steroid dienone is 19. The van der Waals surface area contributed by atoms with Crippen molar-refractivity contribution in [2.75, 3.05) is 0 Å². The van der Waals surface area contributed by atoms with Crippen molar-refractivity contribution >= 4 is 31.9 Å². The van der Waals surface area contributed by atoms with Gasteiger partial charge in [0, 0.05) is 0 Å². The van der Waals surface area contributed by atoms with Crippen LogP contribution in [0.15, 0.2) is 121 Å². The van der Waals surface area contributed by atoms with Crippen LogP contribution in [0.3, 0.4) is 0 Å². The van der Waals surface area contributed by atoms with Crippen LogP contribution in [0.2, 0.25) is 0 Å². The average molecular weight is 691 g/mol. The zero-order chi connectivity index (χ0) is 30.3. The van der Waals surface area contributed by atoms with Gasteiger partial charge in [-0.1, -0.05) is 143 Å². The smallest absolute Gasteiger partial charge is 0.0594 e. The van der Waals surface area contributed by atoms with E-state index in [4.69, 9.17) is 0 Å². The van der Waals surface area contributed by atoms with E-state index in [1.807, 2.05) is 6.08 Å². The van der Waals surface area contributed by atoms with Crippen molar-refractivity contribution in [3.8, 4) is 0 Å². The largest absolute Gasteiger partial charge is 0.101 e. The van der Waals surface area contributed by atoms with Gasteiger partial charge in [0.25, 0.3) is 0 Å². The molecule has 0 N–H and O–H groups in total. The highest BCUT2D eigenvalue weighted by molar-refractivity contribution is 9.10. The fourth-order valence-electron chi connectivity index (χ4n) is 9.52. The highest BCUT2D eigenvalue weighted by Crippen LogP contribution is 2.79. The van der Waals surface area contributed by atoms with Gasteiger partial charge in [0.05, 0.1) is 8.65 Å². The summed E-state index contributed by atoms with van der Waals surface area (Å²) in [7, 11) is 0. The van der Waals surface area contributed by atoms with E-state index < -0.39 is 0 Å². The molecule has 6 rings (SSSR count). The lowest BCUT2D eigenvalue weighted by Crippen LogP contribution is -2.62. The maximum absolute atomic E-state index is 4.19. The van der Waals surface area contributed by atoms with Crippen molar-refractivity contribution in [1.82, 2.24) is 0 Å². The van der Waals surface area contributed by atoms with Gasteiger partial charge in [-0.15, -0.1) is 6.58 Å². The monoisotopic (exact) mass is 688 g/mol. The third kappa shape index (κ3) is 6.14. The Balaban J connectivity index is 1.78. The van der Waals surface area contributed by atoms with Gasteiger partial charge in [0.2, 0.25) is 0 Å². The molecule has 7 unspecified atom stereocenters. The van der Waals surface area contributed by atoms with E-state index in [9.17, 15) is 0 Å². The minimum absolute atomic E-state index is 0.0814. The number of alkyl halides is 2. The molecule has 0 aromatic heterocycles. The molecule has 0 amide bonds. The van der Waals surface area contributed by atoms with Crippen LogP contribution in [0.4, 0.5) is 0 Å². The fourth-order valence-corrected chi connectivity index (χ4v) is 10.1. The molecule has 4 bridgehead atoms. The van der Waals surface area contributed by atoms with Gasteiger partial charge in [-0.05, 0) is 116 Å². The SMILES string of the molecule is C=CC(C)(Br)/C=C(\C=C/C)C12CC3(C/C=C\CC)CC(C4=CC=CC(C)C=C4)(CC(C4=CC=CC(C)(Br)C=C4)(C3)C1)C2. The van der Waals surface area contributed by atoms with E-state index in [1.54, 1.807) is 5.57 Å². The van der Waals surface area contributed by atoms with Gasteiger partial charge in [-0.25, -0.2) is 0 Å². The van der Waals surface area contributed by atoms with Crippen LogP contribution in [0.5, 0.6) is 0 Å². The van der Waals surface area contributed by atoms with Crippen LogP contribution in [-0.2, 0) is 0 Å². The molecule has 6 aliphatic rings. The minimum Gasteiger partial charge on any atom is -0.101 e. The average Bonchev–Trinajstić information content (AvgIpc) is 3.25. The van der Waals surface area contributed by atoms with E-state index >= 15 is 0 Å². The summed E-state index contributed by atoms with van der Waals surface area (Å²) in [5.41, 5.74) is 5.11. The molecule has 0 aromatic rings. The topological polar surface area (TPSA) is 0 Å². The summed E-state index contributed by atoms with van der Waals surface area (Å²) < 4.78 is -0.363. The second-order valence-corrected chi connectivity index (χ2v) is 18.0. The van der Waals surface area contributed by atoms with E-state index in [2.05, 4.69) is 164 Å². The lowest BCUT2D eigenvalue weighted by atomic mass is 9.32. The van der Waals surface area contributed by atoms with E-state index in [0.717, 1.165) is 12.8 Å². The molecule has 4 saturated carbocycles. The molecular weight excluding hydrogens is 640 g/mol. The number of rotatable bonds is 9. The van der Waals surface area contributed by atoms with Crippen molar-refractivity contribution in [3.63, 3.8) is 0 Å². The number of halogens is 2. The van der Waals surface area contributed by atoms with Crippen molar-refractivity contribution in [3.05, 3.63) is 121 Å². The normalized spacial score (nSPS) is 40.7. The van der Waals surface area contributed by atoms with Gasteiger partial charge in [0.1, 0.15) is 0 Å². The van der Waals surface area contributed by atoms with Gasteiger partial charge < -0.3 is 0 Å². The van der Waals surface area contributed by atoms with Gasteiger partial charge in [-0.3, -0.25) is 0 Å². The lowest BCUT2D eigenvalue weighted by Gasteiger charge is -2.72. The van der Waals surface area contributed by atoms with Gasteiger partial charge >= 0.3 is 0 Å². The van der Waals surface area contributed by atoms with E-state index in [0.29, 0.717) is 5.92 Å². The standard InChI is InChI=1S/C40H50Br2/c1-7-10-11-22-37-25-38(32-16-12-15-31(4)18-19-32)28-39(26-37,33-17-13-21-36(6,42)23-20-33)30-40(27-37,29-38)34(14-8-2)24-35(5,41)9-3/h8-21,23-24,31H,3,7,22,25-30H2,1-2,4-6H3/b11-10-,14-8-,34-24+. The minimum atomic E-state index is -0.248. The zero-order valence-electron chi connectivity index (χ0n) is 26.4. The van der Waals surface area contributed by atoms with Crippen LogP contribution >= 0.6 is 31.9 Å². The van der Waals surface area contributed by atoms with Gasteiger partial charge in [0.15, 0.2) is 0 Å². The first-order valence-corrected chi connectivity index (χ1v) is 17.6. The summed E-state index contributed by atoms with van der Waals surface area (Å²) in [6.45, 7) is 15.4. The van der Waals surface area contributed by atoms with Gasteiger partial charge in [-0.2, -0.15) is 0 Å². The summed E-state index contributed by atoms with van der Waals surface area (Å²) >= 11 is 7.95. The van der Waals surface area contributed by atoms with Crippen LogP contribution in [0.25, 0.3) is 0 Å². The fraction of sp³-hybridized carbons (Fsp3) is 0.500. The molecule has 6 aliphatic carbocycles. The van der Waals surface area contributed by atoms with Crippen LogP contribution in [-0.4, -0.2) is 8.65 Å². The molecule has 0 heterocycles. The predicted molar refractivity (Wildman–Crippen MR) is 191 cm³/mol. The van der Waals surface area contributed by atoms with Crippen LogP contribution < -0.4 is 0 Å². The Morgan fingerprint density at radius 1 is 0.976 bits per heavy atom. The first kappa shape index (κ1) is 31.8. The van der Waals surface area contributed by atoms with E-state index in [1.165, 1.54) is 49.7 Å². The molecule has 2 heteroatoms. The summed E-state index contributed by atoms with van der Waals surface area (Å²) in [5, 5.41) is 0. The quantitative estimate of drug-likeness (QED) is 0.128. The first-order valence-electron chi connectivity index (χ1n) is 16.0. The first-order chi connectivity index (χ1) is 19.8. The molecular formula is C40H50Br2. The Hall–Kier alpha value is -1.64. The molecule has 7 atom stereocenters. The highest BCUT2D eigenvalue weighted by atomic mass is 79.9. The van der Waals surface area contributed by atoms with Crippen molar-refractivity contribution in [2.45, 2.75) is 94.6 Å². The highest BCUT2D eigenvalue weighted by Gasteiger charge is 2.69. The Kier molecular flexibility index (Phi) is 8.85. The molecule has 0 saturated heterocycles. The molecule has 0 radical (unpaired) electrons. The molecule has 0 aliphatic heterocycles. The third-order valence-electron chi connectivity index (χ3n) is 10.7. The molecule has 0 nitrogen and oxygen atoms in total. The second kappa shape index (κ2) is 11.7. The van der Waals surface area contributed by atoms with Crippen molar-refractivity contribution in [1.29, 1.82) is 0 Å². The molecule has 0 aromatic carbocycles. The molecule has 224 valence electrons. The second-order valence-electron chi connectivity index (χ2n) is 14.6. The third-order valence-corrected chi connectivity index (χ3v) is 11.8. The number of hydrogen-bond donors (Lipinski definition) is 0. The van der Waals surface area contributed by atoms with Crippen molar-refractivity contribution < 1.29 is 0 Å². The maximum atomic E-state index is 4.19. The van der Waals surface area contributed by atoms with Crippen LogP contribution in [0, 0.1) is 27.6 Å². The summed E-state index contributed by atoms with van der Waals surface area (Å²) in [4.78, 5) is 0. The molecule has 4 fully saturated rings. The van der Waals surface area contributed by atoms with E-state index in [-0.39, 0.29) is 30.3 Å². The molecule has 0 spiro atoms. The Bertz CT molecular complexity index is 1350. The Morgan fingerprint density at radius 3 is 2.33 bits per heavy atom. The lowest BCUT2D eigenvalue weighted by molar-refractivity contribution is -0.157.